The number of nitrogens with one attached hydrogen (secondary N) is 1. The Hall–Kier alpha value is -1.77. The Morgan fingerprint density at radius 3 is 2.94 bits per heavy atom. The Morgan fingerprint density at radius 1 is 1.33 bits per heavy atom. The highest BCUT2D eigenvalue weighted by Gasteiger charge is 2.23. The Kier molecular flexibility index (Phi) is 2.82. The minimum Gasteiger partial charge on any atom is -0.399 e. The van der Waals surface area contributed by atoms with E-state index < -0.39 is 0 Å². The lowest BCUT2D eigenvalue weighted by Gasteiger charge is -2.14. The van der Waals surface area contributed by atoms with E-state index in [0.29, 0.717) is 6.04 Å². The number of nitrogens with zero attached hydrogens (tertiary/aromatic N) is 1. The van der Waals surface area contributed by atoms with Crippen molar-refractivity contribution < 1.29 is 0 Å². The fraction of sp³-hybridized carbons (Fsp3) is 0.400. The van der Waals surface area contributed by atoms with Crippen molar-refractivity contribution in [3.05, 3.63) is 30.3 Å². The standard InChI is InChI=1S/C15H19N3/c1-10(8-11-2-3-11)17-15-7-4-12-9-13(16)5-6-14(12)18-15/h4-7,9-11H,2-3,8,16H2,1H3,(H,17,18). The number of nitrogen functional groups attached to an aromatic ring is 1. The number of nitrogens with two attached hydrogens (primary N) is 1. The average Bonchev–Trinajstić information content (AvgIpc) is 3.13. The number of aromatic nitrogens is 1. The molecule has 1 aliphatic rings. The molecule has 0 saturated heterocycles. The Balaban J connectivity index is 1.77. The summed E-state index contributed by atoms with van der Waals surface area (Å²) in [5, 5.41) is 4.57. The SMILES string of the molecule is CC(CC1CC1)Nc1ccc2cc(N)ccc2n1. The molecule has 0 amide bonds. The van der Waals surface area contributed by atoms with Crippen molar-refractivity contribution in [3.63, 3.8) is 0 Å². The Bertz CT molecular complexity index is 561. The molecule has 2 aromatic rings. The molecule has 3 N–H and O–H groups in total. The number of anilines is 2. The van der Waals surface area contributed by atoms with Crippen LogP contribution >= 0.6 is 0 Å². The summed E-state index contributed by atoms with van der Waals surface area (Å²) in [6, 6.07) is 10.4. The molecule has 3 heteroatoms. The number of fused-ring (bicyclic) bond motifs is 1. The van der Waals surface area contributed by atoms with Crippen molar-refractivity contribution >= 4 is 22.4 Å². The Labute approximate surface area is 107 Å². The summed E-state index contributed by atoms with van der Waals surface area (Å²) < 4.78 is 0. The predicted octanol–water partition coefficient (Wildman–Crippen LogP) is 3.42. The van der Waals surface area contributed by atoms with Gasteiger partial charge < -0.3 is 11.1 Å². The second kappa shape index (κ2) is 4.48. The van der Waals surface area contributed by atoms with Gasteiger partial charge in [-0.1, -0.05) is 12.8 Å². The molecule has 3 nitrogen and oxygen atoms in total. The third-order valence-electron chi connectivity index (χ3n) is 3.49. The van der Waals surface area contributed by atoms with Gasteiger partial charge >= 0.3 is 0 Å². The second-order valence-corrected chi connectivity index (χ2v) is 5.37. The maximum Gasteiger partial charge on any atom is 0.126 e. The van der Waals surface area contributed by atoms with Gasteiger partial charge in [-0.3, -0.25) is 0 Å². The van der Waals surface area contributed by atoms with Crippen molar-refractivity contribution in [2.75, 3.05) is 11.1 Å². The lowest BCUT2D eigenvalue weighted by Crippen LogP contribution is -2.16. The summed E-state index contributed by atoms with van der Waals surface area (Å²) in [5.41, 5.74) is 7.54. The maximum atomic E-state index is 5.76. The molecular weight excluding hydrogens is 222 g/mol. The molecule has 1 atom stereocenters. The summed E-state index contributed by atoms with van der Waals surface area (Å²) >= 11 is 0. The van der Waals surface area contributed by atoms with Crippen LogP contribution in [0, 0.1) is 5.92 Å². The van der Waals surface area contributed by atoms with Gasteiger partial charge in [0.1, 0.15) is 5.82 Å². The van der Waals surface area contributed by atoms with Crippen molar-refractivity contribution in [3.8, 4) is 0 Å². The number of hydrogen-bond acceptors (Lipinski definition) is 3. The quantitative estimate of drug-likeness (QED) is 0.806. The first-order valence-corrected chi connectivity index (χ1v) is 6.63. The van der Waals surface area contributed by atoms with Crippen LogP contribution in [0.1, 0.15) is 26.2 Å². The van der Waals surface area contributed by atoms with Crippen molar-refractivity contribution in [1.82, 2.24) is 4.98 Å². The van der Waals surface area contributed by atoms with Gasteiger partial charge in [-0.15, -0.1) is 0 Å². The maximum absolute atomic E-state index is 5.76. The van der Waals surface area contributed by atoms with Crippen LogP contribution in [0.5, 0.6) is 0 Å². The van der Waals surface area contributed by atoms with Crippen molar-refractivity contribution in [2.45, 2.75) is 32.2 Å². The first-order valence-electron chi connectivity index (χ1n) is 6.63. The highest BCUT2D eigenvalue weighted by Crippen LogP contribution is 2.34. The van der Waals surface area contributed by atoms with E-state index in [1.165, 1.54) is 19.3 Å². The summed E-state index contributed by atoms with van der Waals surface area (Å²) in [4.78, 5) is 4.62. The van der Waals surface area contributed by atoms with Crippen LogP contribution in [-0.4, -0.2) is 11.0 Å². The molecule has 1 saturated carbocycles. The summed E-state index contributed by atoms with van der Waals surface area (Å²) in [7, 11) is 0. The van der Waals surface area contributed by atoms with E-state index in [1.54, 1.807) is 0 Å². The van der Waals surface area contributed by atoms with Gasteiger partial charge in [-0.05, 0) is 49.6 Å². The first kappa shape index (κ1) is 11.3. The summed E-state index contributed by atoms with van der Waals surface area (Å²) in [6.07, 6.45) is 4.05. The van der Waals surface area contributed by atoms with Gasteiger partial charge in [0.15, 0.2) is 0 Å². The molecule has 94 valence electrons. The fourth-order valence-electron chi connectivity index (χ4n) is 2.39. The molecule has 1 aromatic carbocycles. The summed E-state index contributed by atoms with van der Waals surface area (Å²) in [6.45, 7) is 2.23. The molecule has 0 bridgehead atoms. The van der Waals surface area contributed by atoms with Crippen LogP contribution < -0.4 is 11.1 Å². The molecule has 1 aliphatic carbocycles. The molecular formula is C15H19N3. The lowest BCUT2D eigenvalue weighted by atomic mass is 10.1. The largest absolute Gasteiger partial charge is 0.399 e. The Morgan fingerprint density at radius 2 is 2.17 bits per heavy atom. The molecule has 0 radical (unpaired) electrons. The molecule has 1 aromatic heterocycles. The second-order valence-electron chi connectivity index (χ2n) is 5.37. The van der Waals surface area contributed by atoms with Gasteiger partial charge in [0, 0.05) is 17.1 Å². The lowest BCUT2D eigenvalue weighted by molar-refractivity contribution is 0.640. The topological polar surface area (TPSA) is 50.9 Å². The molecule has 18 heavy (non-hydrogen) atoms. The highest BCUT2D eigenvalue weighted by molar-refractivity contribution is 5.83. The van der Waals surface area contributed by atoms with Gasteiger partial charge in [0.25, 0.3) is 0 Å². The third-order valence-corrected chi connectivity index (χ3v) is 3.49. The average molecular weight is 241 g/mol. The molecule has 0 spiro atoms. The third kappa shape index (κ3) is 2.55. The van der Waals surface area contributed by atoms with E-state index in [2.05, 4.69) is 23.3 Å². The number of hydrogen-bond donors (Lipinski definition) is 2. The fourth-order valence-corrected chi connectivity index (χ4v) is 2.39. The van der Waals surface area contributed by atoms with E-state index >= 15 is 0 Å². The molecule has 1 heterocycles. The highest BCUT2D eigenvalue weighted by atomic mass is 15.0. The molecule has 3 rings (SSSR count). The van der Waals surface area contributed by atoms with Crippen molar-refractivity contribution in [2.24, 2.45) is 5.92 Å². The van der Waals surface area contributed by atoms with E-state index in [-0.39, 0.29) is 0 Å². The van der Waals surface area contributed by atoms with Crippen LogP contribution in [0.3, 0.4) is 0 Å². The van der Waals surface area contributed by atoms with Gasteiger partial charge in [0.2, 0.25) is 0 Å². The van der Waals surface area contributed by atoms with Gasteiger partial charge in [-0.25, -0.2) is 4.98 Å². The predicted molar refractivity (Wildman–Crippen MR) is 76.6 cm³/mol. The zero-order chi connectivity index (χ0) is 12.5. The van der Waals surface area contributed by atoms with Crippen LogP contribution in [0.4, 0.5) is 11.5 Å². The minimum atomic E-state index is 0.497. The number of rotatable bonds is 4. The van der Waals surface area contributed by atoms with Gasteiger partial charge in [0.05, 0.1) is 5.52 Å². The van der Waals surface area contributed by atoms with E-state index in [0.717, 1.165) is 28.3 Å². The van der Waals surface area contributed by atoms with E-state index in [1.807, 2.05) is 24.3 Å². The molecule has 0 aliphatic heterocycles. The zero-order valence-electron chi connectivity index (χ0n) is 10.7. The van der Waals surface area contributed by atoms with E-state index in [9.17, 15) is 0 Å². The molecule has 1 unspecified atom stereocenters. The number of benzene rings is 1. The smallest absolute Gasteiger partial charge is 0.126 e. The van der Waals surface area contributed by atoms with Crippen LogP contribution in [0.2, 0.25) is 0 Å². The van der Waals surface area contributed by atoms with Crippen LogP contribution in [0.25, 0.3) is 10.9 Å². The zero-order valence-corrected chi connectivity index (χ0v) is 10.7. The van der Waals surface area contributed by atoms with Crippen molar-refractivity contribution in [1.29, 1.82) is 0 Å². The first-order chi connectivity index (χ1) is 8.70. The van der Waals surface area contributed by atoms with E-state index in [4.69, 9.17) is 5.73 Å². The summed E-state index contributed by atoms with van der Waals surface area (Å²) in [5.74, 6) is 1.90. The monoisotopic (exact) mass is 241 g/mol. The number of pyridine rings is 1. The van der Waals surface area contributed by atoms with Crippen LogP contribution in [0.15, 0.2) is 30.3 Å². The molecule has 1 fully saturated rings. The minimum absolute atomic E-state index is 0.497. The van der Waals surface area contributed by atoms with Gasteiger partial charge in [-0.2, -0.15) is 0 Å². The normalized spacial score (nSPS) is 16.7. The van der Waals surface area contributed by atoms with Crippen LogP contribution in [-0.2, 0) is 0 Å².